The van der Waals surface area contributed by atoms with Crippen molar-refractivity contribution in [2.24, 2.45) is 7.05 Å². The minimum absolute atomic E-state index is 0.135. The van der Waals surface area contributed by atoms with E-state index in [0.717, 1.165) is 53.4 Å². The van der Waals surface area contributed by atoms with Crippen molar-refractivity contribution in [3.8, 4) is 0 Å². The van der Waals surface area contributed by atoms with E-state index in [9.17, 15) is 4.79 Å². The molecule has 1 fully saturated rings. The van der Waals surface area contributed by atoms with Gasteiger partial charge in [0.2, 0.25) is 5.82 Å². The molecule has 5 heterocycles. The van der Waals surface area contributed by atoms with Crippen LogP contribution in [0.1, 0.15) is 64.0 Å². The Labute approximate surface area is 172 Å². The van der Waals surface area contributed by atoms with Gasteiger partial charge < -0.3 is 9.88 Å². The van der Waals surface area contributed by atoms with Crippen molar-refractivity contribution in [2.75, 3.05) is 6.54 Å². The van der Waals surface area contributed by atoms with E-state index in [2.05, 4.69) is 20.1 Å². The van der Waals surface area contributed by atoms with Gasteiger partial charge in [0.1, 0.15) is 6.04 Å². The number of aromatic nitrogens is 7. The van der Waals surface area contributed by atoms with E-state index < -0.39 is 0 Å². The number of aromatic amines is 1. The molecule has 6 rings (SSSR count). The molecular weight excluding hydrogens is 380 g/mol. The van der Waals surface area contributed by atoms with Crippen molar-refractivity contribution in [1.29, 1.82) is 0 Å². The highest BCUT2D eigenvalue weighted by molar-refractivity contribution is 5.91. The molecule has 1 saturated carbocycles. The number of H-pyrrole nitrogens is 1. The Hall–Kier alpha value is -3.49. The van der Waals surface area contributed by atoms with E-state index in [1.807, 2.05) is 40.6 Å². The Morgan fingerprint density at radius 3 is 2.90 bits per heavy atom. The summed E-state index contributed by atoms with van der Waals surface area (Å²) in [4.78, 5) is 27.8. The number of imidazole rings is 1. The van der Waals surface area contributed by atoms with Crippen LogP contribution in [0.3, 0.4) is 0 Å². The van der Waals surface area contributed by atoms with E-state index in [1.54, 1.807) is 18.1 Å². The number of aryl methyl sites for hydroxylation is 2. The second-order valence-electron chi connectivity index (χ2n) is 8.18. The van der Waals surface area contributed by atoms with Gasteiger partial charge in [0.15, 0.2) is 5.82 Å². The monoisotopic (exact) mass is 402 g/mol. The van der Waals surface area contributed by atoms with Crippen LogP contribution in [0, 0.1) is 6.92 Å². The molecule has 1 amide bonds. The van der Waals surface area contributed by atoms with Crippen molar-refractivity contribution in [2.45, 2.75) is 38.1 Å². The highest BCUT2D eigenvalue weighted by Gasteiger charge is 2.38. The summed E-state index contributed by atoms with van der Waals surface area (Å²) in [6, 6.07) is 7.72. The molecule has 0 aromatic carbocycles. The van der Waals surface area contributed by atoms with Crippen LogP contribution in [0.15, 0.2) is 30.6 Å². The third kappa shape index (κ3) is 2.58. The lowest BCUT2D eigenvalue weighted by Gasteiger charge is -2.33. The molecule has 1 unspecified atom stereocenters. The summed E-state index contributed by atoms with van der Waals surface area (Å²) in [5.41, 5.74) is 4.73. The highest BCUT2D eigenvalue weighted by atomic mass is 16.2. The van der Waals surface area contributed by atoms with Gasteiger partial charge in [0, 0.05) is 37.3 Å². The predicted octanol–water partition coefficient (Wildman–Crippen LogP) is 2.16. The Morgan fingerprint density at radius 2 is 2.10 bits per heavy atom. The molecule has 30 heavy (non-hydrogen) atoms. The lowest BCUT2D eigenvalue weighted by atomic mass is 9.99. The number of nitrogens with zero attached hydrogens (tertiary/aromatic N) is 7. The van der Waals surface area contributed by atoms with Crippen molar-refractivity contribution in [3.63, 3.8) is 0 Å². The zero-order valence-electron chi connectivity index (χ0n) is 16.9. The van der Waals surface area contributed by atoms with Gasteiger partial charge in [-0.3, -0.25) is 4.79 Å². The number of carbonyl (C=O) groups excluding carboxylic acids is 1. The SMILES string of the molecule is Cc1cccc2cc(C3c4nc[nH]c4CCN3C(=O)c3nc(C4CC4)nn3C)nn12. The summed E-state index contributed by atoms with van der Waals surface area (Å²) >= 11 is 0. The molecule has 0 saturated heterocycles. The van der Waals surface area contributed by atoms with Crippen LogP contribution >= 0.6 is 0 Å². The van der Waals surface area contributed by atoms with Gasteiger partial charge >= 0.3 is 0 Å². The summed E-state index contributed by atoms with van der Waals surface area (Å²) in [6.45, 7) is 2.59. The number of rotatable bonds is 3. The molecule has 152 valence electrons. The van der Waals surface area contributed by atoms with Gasteiger partial charge in [0.05, 0.1) is 23.2 Å². The molecule has 9 heteroatoms. The number of pyridine rings is 1. The molecule has 2 aliphatic rings. The first kappa shape index (κ1) is 17.4. The van der Waals surface area contributed by atoms with Gasteiger partial charge in [-0.25, -0.2) is 19.2 Å². The smallest absolute Gasteiger partial charge is 0.292 e. The van der Waals surface area contributed by atoms with Gasteiger partial charge in [-0.1, -0.05) is 6.07 Å². The molecule has 1 N–H and O–H groups in total. The number of nitrogens with one attached hydrogen (secondary N) is 1. The average molecular weight is 402 g/mol. The maximum Gasteiger partial charge on any atom is 0.292 e. The normalized spacial score (nSPS) is 18.7. The van der Waals surface area contributed by atoms with Crippen LogP contribution < -0.4 is 0 Å². The van der Waals surface area contributed by atoms with E-state index in [1.165, 1.54) is 0 Å². The van der Waals surface area contributed by atoms with Gasteiger partial charge in [-0.05, 0) is 38.0 Å². The van der Waals surface area contributed by atoms with E-state index in [0.29, 0.717) is 18.3 Å². The Bertz CT molecular complexity index is 1280. The molecule has 1 aliphatic heterocycles. The number of hydrogen-bond acceptors (Lipinski definition) is 5. The van der Waals surface area contributed by atoms with Crippen LogP contribution in [0.25, 0.3) is 5.52 Å². The fourth-order valence-corrected chi connectivity index (χ4v) is 4.33. The first-order chi connectivity index (χ1) is 14.6. The minimum Gasteiger partial charge on any atom is -0.348 e. The van der Waals surface area contributed by atoms with Crippen molar-refractivity contribution >= 4 is 11.4 Å². The maximum atomic E-state index is 13.6. The summed E-state index contributed by atoms with van der Waals surface area (Å²) < 4.78 is 3.52. The predicted molar refractivity (Wildman–Crippen MR) is 108 cm³/mol. The largest absolute Gasteiger partial charge is 0.348 e. The van der Waals surface area contributed by atoms with Gasteiger partial charge in [0.25, 0.3) is 5.91 Å². The molecule has 0 spiro atoms. The maximum absolute atomic E-state index is 13.6. The molecule has 9 nitrogen and oxygen atoms in total. The average Bonchev–Trinajstić information content (AvgIpc) is 3.14. The molecule has 0 bridgehead atoms. The van der Waals surface area contributed by atoms with Crippen LogP contribution in [0.2, 0.25) is 0 Å². The van der Waals surface area contributed by atoms with Crippen LogP contribution in [-0.2, 0) is 13.5 Å². The molecule has 4 aromatic heterocycles. The summed E-state index contributed by atoms with van der Waals surface area (Å²) in [6.07, 6.45) is 4.61. The van der Waals surface area contributed by atoms with Crippen LogP contribution in [0.5, 0.6) is 0 Å². The summed E-state index contributed by atoms with van der Waals surface area (Å²) in [7, 11) is 1.79. The summed E-state index contributed by atoms with van der Waals surface area (Å²) in [5.74, 6) is 1.41. The third-order valence-corrected chi connectivity index (χ3v) is 6.07. The Morgan fingerprint density at radius 1 is 1.23 bits per heavy atom. The first-order valence-corrected chi connectivity index (χ1v) is 10.3. The molecular formula is C21H22N8O. The topological polar surface area (TPSA) is 97.0 Å². The number of carbonyl (C=O) groups is 1. The van der Waals surface area contributed by atoms with E-state index in [4.69, 9.17) is 5.10 Å². The minimum atomic E-state index is -0.368. The number of amides is 1. The lowest BCUT2D eigenvalue weighted by Crippen LogP contribution is -2.42. The van der Waals surface area contributed by atoms with Crippen LogP contribution in [-0.4, -0.2) is 51.7 Å². The Kier molecular flexibility index (Phi) is 3.62. The third-order valence-electron chi connectivity index (χ3n) is 6.07. The van der Waals surface area contributed by atoms with Crippen molar-refractivity contribution in [3.05, 3.63) is 65.0 Å². The molecule has 4 aromatic rings. The highest BCUT2D eigenvalue weighted by Crippen LogP contribution is 2.38. The second-order valence-corrected chi connectivity index (χ2v) is 8.18. The van der Waals surface area contributed by atoms with Gasteiger partial charge in [-0.15, -0.1) is 0 Å². The quantitative estimate of drug-likeness (QED) is 0.566. The fraction of sp³-hybridized carbons (Fsp3) is 0.381. The zero-order chi connectivity index (χ0) is 20.4. The summed E-state index contributed by atoms with van der Waals surface area (Å²) in [5, 5.41) is 9.32. The van der Waals surface area contributed by atoms with E-state index in [-0.39, 0.29) is 11.9 Å². The molecule has 1 atom stereocenters. The van der Waals surface area contributed by atoms with Crippen LogP contribution in [0.4, 0.5) is 0 Å². The number of fused-ring (bicyclic) bond motifs is 2. The fourth-order valence-electron chi connectivity index (χ4n) is 4.33. The first-order valence-electron chi connectivity index (χ1n) is 10.3. The lowest BCUT2D eigenvalue weighted by molar-refractivity contribution is 0.0669. The van der Waals surface area contributed by atoms with E-state index >= 15 is 0 Å². The van der Waals surface area contributed by atoms with Crippen molar-refractivity contribution < 1.29 is 4.79 Å². The Balaban J connectivity index is 1.45. The standard InChI is InChI=1S/C21H22N8O/c1-12-4-3-5-14-10-16(25-29(12)14)18-17-15(22-11-23-17)8-9-28(18)21(30)20-24-19(13-6-7-13)26-27(20)2/h3-5,10-11,13,18H,6-9H2,1-2H3,(H,22,23). The van der Waals surface area contributed by atoms with Crippen molar-refractivity contribution in [1.82, 2.24) is 39.2 Å². The second kappa shape index (κ2) is 6.25. The number of hydrogen-bond donors (Lipinski definition) is 1. The van der Waals surface area contributed by atoms with Gasteiger partial charge in [-0.2, -0.15) is 10.2 Å². The molecule has 1 aliphatic carbocycles. The zero-order valence-corrected chi connectivity index (χ0v) is 16.9. The molecule has 0 radical (unpaired) electrons.